The molecule has 1 atom stereocenters. The average Bonchev–Trinajstić information content (AvgIpc) is 2.83. The molecule has 3 heterocycles. The molecule has 0 aliphatic carbocycles. The van der Waals surface area contributed by atoms with E-state index in [-0.39, 0.29) is 11.7 Å². The first-order valence-corrected chi connectivity index (χ1v) is 5.90. The van der Waals surface area contributed by atoms with Crippen LogP contribution in [0.5, 0.6) is 0 Å². The number of hydrogen-bond donors (Lipinski definition) is 0. The van der Waals surface area contributed by atoms with Crippen LogP contribution in [0.4, 0.5) is 0 Å². The molecule has 2 aromatic heterocycles. The molecule has 2 aromatic rings. The molecule has 88 valence electrons. The van der Waals surface area contributed by atoms with Gasteiger partial charge in [-0.05, 0) is 25.0 Å². The van der Waals surface area contributed by atoms with Crippen molar-refractivity contribution in [2.75, 3.05) is 13.2 Å². The lowest BCUT2D eigenvalue weighted by atomic mass is 9.93. The standard InChI is InChI=1S/C13H14N2O2/c16-13(10-4-3-7-17-9-10)11-8-14-15-6-2-1-5-12(11)15/h1-2,5-6,8,10H,3-4,7,9H2. The normalized spacial score (nSPS) is 20.6. The summed E-state index contributed by atoms with van der Waals surface area (Å²) in [6.07, 6.45) is 5.40. The molecular weight excluding hydrogens is 216 g/mol. The number of aromatic nitrogens is 2. The van der Waals surface area contributed by atoms with Crippen LogP contribution in [0, 0.1) is 5.92 Å². The van der Waals surface area contributed by atoms with Gasteiger partial charge in [-0.25, -0.2) is 4.52 Å². The van der Waals surface area contributed by atoms with Gasteiger partial charge in [0.1, 0.15) is 0 Å². The summed E-state index contributed by atoms with van der Waals surface area (Å²) >= 11 is 0. The number of fused-ring (bicyclic) bond motifs is 1. The summed E-state index contributed by atoms with van der Waals surface area (Å²) in [6.45, 7) is 1.32. The second-order valence-corrected chi connectivity index (χ2v) is 4.37. The average molecular weight is 230 g/mol. The second-order valence-electron chi connectivity index (χ2n) is 4.37. The fourth-order valence-electron chi connectivity index (χ4n) is 2.29. The van der Waals surface area contributed by atoms with Crippen molar-refractivity contribution in [3.63, 3.8) is 0 Å². The summed E-state index contributed by atoms with van der Waals surface area (Å²) in [5, 5.41) is 4.19. The van der Waals surface area contributed by atoms with Crippen LogP contribution < -0.4 is 0 Å². The van der Waals surface area contributed by atoms with Crippen LogP contribution in [-0.4, -0.2) is 28.6 Å². The molecule has 4 nitrogen and oxygen atoms in total. The van der Waals surface area contributed by atoms with Gasteiger partial charge in [-0.15, -0.1) is 0 Å². The van der Waals surface area contributed by atoms with E-state index in [0.717, 1.165) is 25.0 Å². The smallest absolute Gasteiger partial charge is 0.172 e. The first kappa shape index (κ1) is 10.5. The van der Waals surface area contributed by atoms with E-state index in [9.17, 15) is 4.79 Å². The summed E-state index contributed by atoms with van der Waals surface area (Å²) in [5.41, 5.74) is 1.59. The molecule has 0 bridgehead atoms. The Balaban J connectivity index is 1.95. The Morgan fingerprint density at radius 1 is 1.47 bits per heavy atom. The molecular formula is C13H14N2O2. The third kappa shape index (κ3) is 1.85. The second kappa shape index (κ2) is 4.30. The van der Waals surface area contributed by atoms with Gasteiger partial charge in [0.05, 0.1) is 23.9 Å². The highest BCUT2D eigenvalue weighted by Crippen LogP contribution is 2.21. The monoisotopic (exact) mass is 230 g/mol. The zero-order valence-corrected chi connectivity index (χ0v) is 9.50. The van der Waals surface area contributed by atoms with Crippen LogP contribution in [0.3, 0.4) is 0 Å². The van der Waals surface area contributed by atoms with E-state index in [1.54, 1.807) is 10.7 Å². The van der Waals surface area contributed by atoms with Crippen molar-refractivity contribution in [2.45, 2.75) is 12.8 Å². The van der Waals surface area contributed by atoms with E-state index < -0.39 is 0 Å². The van der Waals surface area contributed by atoms with Crippen molar-refractivity contribution >= 4 is 11.3 Å². The van der Waals surface area contributed by atoms with Crippen molar-refractivity contribution in [2.24, 2.45) is 5.92 Å². The predicted octanol–water partition coefficient (Wildman–Crippen LogP) is 1.94. The Morgan fingerprint density at radius 3 is 3.24 bits per heavy atom. The van der Waals surface area contributed by atoms with Gasteiger partial charge in [-0.1, -0.05) is 6.07 Å². The van der Waals surface area contributed by atoms with Crippen molar-refractivity contribution < 1.29 is 9.53 Å². The van der Waals surface area contributed by atoms with Crippen LogP contribution in [-0.2, 0) is 4.74 Å². The van der Waals surface area contributed by atoms with Crippen LogP contribution >= 0.6 is 0 Å². The molecule has 0 saturated carbocycles. The molecule has 3 rings (SSSR count). The van der Waals surface area contributed by atoms with Gasteiger partial charge in [0.2, 0.25) is 0 Å². The summed E-state index contributed by atoms with van der Waals surface area (Å²) in [6, 6.07) is 5.74. The molecule has 17 heavy (non-hydrogen) atoms. The first-order chi connectivity index (χ1) is 8.36. The van der Waals surface area contributed by atoms with Gasteiger partial charge in [-0.2, -0.15) is 5.10 Å². The fraction of sp³-hybridized carbons (Fsp3) is 0.385. The number of pyridine rings is 1. The number of rotatable bonds is 2. The van der Waals surface area contributed by atoms with Gasteiger partial charge >= 0.3 is 0 Å². The fourth-order valence-corrected chi connectivity index (χ4v) is 2.29. The number of carbonyl (C=O) groups is 1. The highest BCUT2D eigenvalue weighted by atomic mass is 16.5. The Kier molecular flexibility index (Phi) is 2.65. The van der Waals surface area contributed by atoms with E-state index >= 15 is 0 Å². The zero-order valence-electron chi connectivity index (χ0n) is 9.50. The lowest BCUT2D eigenvalue weighted by Crippen LogP contribution is -2.25. The zero-order chi connectivity index (χ0) is 11.7. The molecule has 1 aliphatic rings. The summed E-state index contributed by atoms with van der Waals surface area (Å²) in [4.78, 5) is 12.3. The molecule has 0 aromatic carbocycles. The topological polar surface area (TPSA) is 43.6 Å². The molecule has 1 saturated heterocycles. The van der Waals surface area contributed by atoms with Crippen molar-refractivity contribution in [1.82, 2.24) is 9.61 Å². The molecule has 1 fully saturated rings. The quantitative estimate of drug-likeness (QED) is 0.740. The van der Waals surface area contributed by atoms with E-state index in [2.05, 4.69) is 5.10 Å². The van der Waals surface area contributed by atoms with E-state index in [1.165, 1.54) is 0 Å². The molecule has 0 N–H and O–H groups in total. The van der Waals surface area contributed by atoms with Crippen LogP contribution in [0.15, 0.2) is 30.6 Å². The minimum atomic E-state index is -0.00282. The lowest BCUT2D eigenvalue weighted by Gasteiger charge is -2.20. The van der Waals surface area contributed by atoms with Gasteiger partial charge in [0, 0.05) is 18.7 Å². The third-order valence-electron chi connectivity index (χ3n) is 3.22. The number of ether oxygens (including phenoxy) is 1. The summed E-state index contributed by atoms with van der Waals surface area (Å²) in [7, 11) is 0. The first-order valence-electron chi connectivity index (χ1n) is 5.90. The molecule has 4 heteroatoms. The maximum Gasteiger partial charge on any atom is 0.172 e. The minimum absolute atomic E-state index is 0.00282. The minimum Gasteiger partial charge on any atom is -0.381 e. The molecule has 1 aliphatic heterocycles. The molecule has 0 radical (unpaired) electrons. The van der Waals surface area contributed by atoms with Gasteiger partial charge in [-0.3, -0.25) is 4.79 Å². The number of nitrogens with zero attached hydrogens (tertiary/aromatic N) is 2. The largest absolute Gasteiger partial charge is 0.381 e. The van der Waals surface area contributed by atoms with E-state index in [0.29, 0.717) is 12.2 Å². The van der Waals surface area contributed by atoms with Gasteiger partial charge < -0.3 is 4.74 Å². The maximum absolute atomic E-state index is 12.3. The van der Waals surface area contributed by atoms with E-state index in [1.807, 2.05) is 24.4 Å². The summed E-state index contributed by atoms with van der Waals surface area (Å²) < 4.78 is 7.10. The SMILES string of the molecule is O=C(c1cnn2ccccc12)C1CCCOC1. The number of hydrogen-bond acceptors (Lipinski definition) is 3. The highest BCUT2D eigenvalue weighted by molar-refractivity contribution is 6.03. The van der Waals surface area contributed by atoms with Crippen molar-refractivity contribution in [3.8, 4) is 0 Å². The summed E-state index contributed by atoms with van der Waals surface area (Å²) in [5.74, 6) is 0.155. The Morgan fingerprint density at radius 2 is 2.41 bits per heavy atom. The van der Waals surface area contributed by atoms with Crippen LogP contribution in [0.2, 0.25) is 0 Å². The van der Waals surface area contributed by atoms with Gasteiger partial charge in [0.25, 0.3) is 0 Å². The van der Waals surface area contributed by atoms with Crippen LogP contribution in [0.25, 0.3) is 5.52 Å². The lowest BCUT2D eigenvalue weighted by molar-refractivity contribution is 0.0462. The Bertz CT molecular complexity index is 541. The highest BCUT2D eigenvalue weighted by Gasteiger charge is 2.25. The molecule has 0 spiro atoms. The number of ketones is 1. The number of Topliss-reactive ketones (excluding diaryl/α,β-unsaturated/α-hetero) is 1. The van der Waals surface area contributed by atoms with Gasteiger partial charge in [0.15, 0.2) is 5.78 Å². The van der Waals surface area contributed by atoms with Crippen LogP contribution in [0.1, 0.15) is 23.2 Å². The van der Waals surface area contributed by atoms with Crippen molar-refractivity contribution in [1.29, 1.82) is 0 Å². The Hall–Kier alpha value is -1.68. The van der Waals surface area contributed by atoms with E-state index in [4.69, 9.17) is 4.74 Å². The maximum atomic E-state index is 12.3. The number of carbonyl (C=O) groups excluding carboxylic acids is 1. The predicted molar refractivity (Wildman–Crippen MR) is 63.1 cm³/mol. The van der Waals surface area contributed by atoms with Crippen molar-refractivity contribution in [3.05, 3.63) is 36.2 Å². The molecule has 1 unspecified atom stereocenters. The Labute approximate surface area is 99.2 Å². The third-order valence-corrected chi connectivity index (χ3v) is 3.22. The molecule has 0 amide bonds.